The lowest BCUT2D eigenvalue weighted by Crippen LogP contribution is -2.43. The SMILES string of the molecule is CC(NC1CCN(c2ccncc2)CC1)c1ccccn1. The van der Waals surface area contributed by atoms with Crippen molar-refractivity contribution in [2.75, 3.05) is 18.0 Å². The Morgan fingerprint density at radius 3 is 2.52 bits per heavy atom. The molecule has 0 aromatic carbocycles. The van der Waals surface area contributed by atoms with Crippen molar-refractivity contribution in [3.8, 4) is 0 Å². The highest BCUT2D eigenvalue weighted by Crippen LogP contribution is 2.20. The van der Waals surface area contributed by atoms with E-state index in [9.17, 15) is 0 Å². The van der Waals surface area contributed by atoms with Gasteiger partial charge in [-0.25, -0.2) is 0 Å². The van der Waals surface area contributed by atoms with Gasteiger partial charge in [-0.05, 0) is 44.0 Å². The third-order valence-electron chi connectivity index (χ3n) is 4.14. The van der Waals surface area contributed by atoms with Crippen molar-refractivity contribution in [3.63, 3.8) is 0 Å². The van der Waals surface area contributed by atoms with Crippen LogP contribution in [0.1, 0.15) is 31.5 Å². The summed E-state index contributed by atoms with van der Waals surface area (Å²) in [6.45, 7) is 4.38. The van der Waals surface area contributed by atoms with Gasteiger partial charge < -0.3 is 10.2 Å². The largest absolute Gasteiger partial charge is 0.371 e. The summed E-state index contributed by atoms with van der Waals surface area (Å²) in [4.78, 5) is 10.9. The Balaban J connectivity index is 1.52. The smallest absolute Gasteiger partial charge is 0.0570 e. The molecule has 1 N–H and O–H groups in total. The first-order chi connectivity index (χ1) is 10.3. The standard InChI is InChI=1S/C17H22N4/c1-14(17-4-2-3-9-19-17)20-15-7-12-21(13-8-15)16-5-10-18-11-6-16/h2-6,9-11,14-15,20H,7-8,12-13H2,1H3. The number of piperidine rings is 1. The van der Waals surface area contributed by atoms with E-state index in [4.69, 9.17) is 0 Å². The number of nitrogens with zero attached hydrogens (tertiary/aromatic N) is 3. The molecule has 0 radical (unpaired) electrons. The molecule has 1 fully saturated rings. The minimum Gasteiger partial charge on any atom is -0.371 e. The van der Waals surface area contributed by atoms with Crippen LogP contribution in [0.3, 0.4) is 0 Å². The van der Waals surface area contributed by atoms with Gasteiger partial charge in [-0.2, -0.15) is 0 Å². The molecule has 0 aliphatic carbocycles. The van der Waals surface area contributed by atoms with E-state index in [2.05, 4.69) is 45.3 Å². The van der Waals surface area contributed by atoms with Crippen molar-refractivity contribution in [2.45, 2.75) is 31.8 Å². The number of nitrogens with one attached hydrogen (secondary N) is 1. The van der Waals surface area contributed by atoms with Gasteiger partial charge in [-0.3, -0.25) is 9.97 Å². The summed E-state index contributed by atoms with van der Waals surface area (Å²) in [5.41, 5.74) is 2.40. The molecule has 4 nitrogen and oxygen atoms in total. The number of pyridine rings is 2. The Morgan fingerprint density at radius 2 is 1.86 bits per heavy atom. The highest BCUT2D eigenvalue weighted by atomic mass is 15.2. The maximum absolute atomic E-state index is 4.43. The number of hydrogen-bond donors (Lipinski definition) is 1. The van der Waals surface area contributed by atoms with Crippen molar-refractivity contribution in [3.05, 3.63) is 54.6 Å². The molecule has 1 unspecified atom stereocenters. The predicted octanol–water partition coefficient (Wildman–Crippen LogP) is 2.80. The van der Waals surface area contributed by atoms with Crippen LogP contribution in [0, 0.1) is 0 Å². The fourth-order valence-corrected chi connectivity index (χ4v) is 2.93. The molecule has 1 atom stereocenters. The van der Waals surface area contributed by atoms with Crippen LogP contribution < -0.4 is 10.2 Å². The Bertz CT molecular complexity index is 535. The van der Waals surface area contributed by atoms with E-state index in [0.717, 1.165) is 18.8 Å². The molecule has 0 spiro atoms. The zero-order valence-corrected chi connectivity index (χ0v) is 12.4. The van der Waals surface area contributed by atoms with Crippen molar-refractivity contribution < 1.29 is 0 Å². The fourth-order valence-electron chi connectivity index (χ4n) is 2.93. The molecule has 0 saturated carbocycles. The third kappa shape index (κ3) is 3.58. The van der Waals surface area contributed by atoms with Crippen LogP contribution in [-0.2, 0) is 0 Å². The van der Waals surface area contributed by atoms with Gasteiger partial charge >= 0.3 is 0 Å². The van der Waals surface area contributed by atoms with Gasteiger partial charge in [-0.1, -0.05) is 6.07 Å². The van der Waals surface area contributed by atoms with Gasteiger partial charge in [0.15, 0.2) is 0 Å². The van der Waals surface area contributed by atoms with E-state index in [0.29, 0.717) is 12.1 Å². The fraction of sp³-hybridized carbons (Fsp3) is 0.412. The lowest BCUT2D eigenvalue weighted by molar-refractivity contribution is 0.377. The van der Waals surface area contributed by atoms with Gasteiger partial charge in [0.2, 0.25) is 0 Å². The maximum Gasteiger partial charge on any atom is 0.0570 e. The quantitative estimate of drug-likeness (QED) is 0.936. The van der Waals surface area contributed by atoms with E-state index in [1.165, 1.54) is 18.5 Å². The van der Waals surface area contributed by atoms with Crippen LogP contribution in [0.4, 0.5) is 5.69 Å². The van der Waals surface area contributed by atoms with Gasteiger partial charge in [-0.15, -0.1) is 0 Å². The van der Waals surface area contributed by atoms with Crippen molar-refractivity contribution >= 4 is 5.69 Å². The van der Waals surface area contributed by atoms with Crippen molar-refractivity contribution in [1.29, 1.82) is 0 Å². The normalized spacial score (nSPS) is 17.7. The molecular weight excluding hydrogens is 260 g/mol. The maximum atomic E-state index is 4.43. The molecular formula is C17H22N4. The number of hydrogen-bond acceptors (Lipinski definition) is 4. The summed E-state index contributed by atoms with van der Waals surface area (Å²) in [5, 5.41) is 3.71. The topological polar surface area (TPSA) is 41.0 Å². The Hall–Kier alpha value is -1.94. The van der Waals surface area contributed by atoms with E-state index >= 15 is 0 Å². The summed E-state index contributed by atoms with van der Waals surface area (Å²) in [6, 6.07) is 11.2. The second kappa shape index (κ2) is 6.68. The highest BCUT2D eigenvalue weighted by molar-refractivity contribution is 5.44. The Kier molecular flexibility index (Phi) is 4.46. The molecule has 2 aromatic rings. The Morgan fingerprint density at radius 1 is 1.10 bits per heavy atom. The summed E-state index contributed by atoms with van der Waals surface area (Å²) < 4.78 is 0. The second-order valence-electron chi connectivity index (χ2n) is 5.61. The first kappa shape index (κ1) is 14.0. The van der Waals surface area contributed by atoms with Crippen molar-refractivity contribution in [1.82, 2.24) is 15.3 Å². The lowest BCUT2D eigenvalue weighted by atomic mass is 10.0. The van der Waals surface area contributed by atoms with Crippen LogP contribution in [-0.4, -0.2) is 29.1 Å². The van der Waals surface area contributed by atoms with Crippen LogP contribution in [0.15, 0.2) is 48.9 Å². The number of aromatic nitrogens is 2. The highest BCUT2D eigenvalue weighted by Gasteiger charge is 2.21. The summed E-state index contributed by atoms with van der Waals surface area (Å²) in [7, 11) is 0. The van der Waals surface area contributed by atoms with E-state index in [-0.39, 0.29) is 0 Å². The molecule has 3 rings (SSSR count). The monoisotopic (exact) mass is 282 g/mol. The molecule has 1 aliphatic heterocycles. The molecule has 4 heteroatoms. The van der Waals surface area contributed by atoms with Crippen LogP contribution in [0.5, 0.6) is 0 Å². The molecule has 3 heterocycles. The average molecular weight is 282 g/mol. The minimum atomic E-state index is 0.309. The van der Waals surface area contributed by atoms with Gasteiger partial charge in [0.1, 0.15) is 0 Å². The first-order valence-electron chi connectivity index (χ1n) is 7.65. The number of anilines is 1. The summed E-state index contributed by atoms with van der Waals surface area (Å²) in [6.07, 6.45) is 7.92. The predicted molar refractivity (Wildman–Crippen MR) is 85.3 cm³/mol. The summed E-state index contributed by atoms with van der Waals surface area (Å²) in [5.74, 6) is 0. The second-order valence-corrected chi connectivity index (χ2v) is 5.61. The van der Waals surface area contributed by atoms with E-state index in [1.54, 1.807) is 0 Å². The molecule has 2 aromatic heterocycles. The summed E-state index contributed by atoms with van der Waals surface area (Å²) >= 11 is 0. The van der Waals surface area contributed by atoms with Gasteiger partial charge in [0.05, 0.1) is 5.69 Å². The molecule has 0 bridgehead atoms. The van der Waals surface area contributed by atoms with Crippen LogP contribution in [0.2, 0.25) is 0 Å². The Labute approximate surface area is 126 Å². The van der Waals surface area contributed by atoms with Gasteiger partial charge in [0.25, 0.3) is 0 Å². The molecule has 21 heavy (non-hydrogen) atoms. The zero-order chi connectivity index (χ0) is 14.5. The number of rotatable bonds is 4. The zero-order valence-electron chi connectivity index (χ0n) is 12.4. The third-order valence-corrected chi connectivity index (χ3v) is 4.14. The molecule has 110 valence electrons. The van der Waals surface area contributed by atoms with Crippen molar-refractivity contribution in [2.24, 2.45) is 0 Å². The average Bonchev–Trinajstić information content (AvgIpc) is 2.57. The van der Waals surface area contributed by atoms with Crippen LogP contribution >= 0.6 is 0 Å². The molecule has 0 amide bonds. The lowest BCUT2D eigenvalue weighted by Gasteiger charge is -2.35. The van der Waals surface area contributed by atoms with E-state index in [1.807, 2.05) is 30.7 Å². The molecule has 1 aliphatic rings. The van der Waals surface area contributed by atoms with E-state index < -0.39 is 0 Å². The first-order valence-corrected chi connectivity index (χ1v) is 7.65. The molecule has 1 saturated heterocycles. The minimum absolute atomic E-state index is 0.309. The van der Waals surface area contributed by atoms with Crippen LogP contribution in [0.25, 0.3) is 0 Å². The van der Waals surface area contributed by atoms with Gasteiger partial charge in [0, 0.05) is 49.5 Å².